The molecule has 1 heterocycles. The molecule has 1 aliphatic carbocycles. The van der Waals surface area contributed by atoms with Crippen molar-refractivity contribution < 1.29 is 14.4 Å². The number of anilines is 1. The third kappa shape index (κ3) is 5.93. The van der Waals surface area contributed by atoms with Crippen molar-refractivity contribution in [3.63, 3.8) is 0 Å². The van der Waals surface area contributed by atoms with Gasteiger partial charge in [0.1, 0.15) is 0 Å². The lowest BCUT2D eigenvalue weighted by atomic mass is 9.92. The number of carbonyl (C=O) groups is 3. The van der Waals surface area contributed by atoms with Crippen LogP contribution in [0.5, 0.6) is 0 Å². The van der Waals surface area contributed by atoms with Crippen LogP contribution in [0.3, 0.4) is 0 Å². The number of amides is 3. The smallest absolute Gasteiger partial charge is 0.257 e. The first-order valence-electron chi connectivity index (χ1n) is 11.8. The fourth-order valence-corrected chi connectivity index (χ4v) is 4.85. The Morgan fingerprint density at radius 3 is 2.18 bits per heavy atom. The minimum atomic E-state index is -0.298. The zero-order valence-corrected chi connectivity index (χ0v) is 19.4. The van der Waals surface area contributed by atoms with Gasteiger partial charge < -0.3 is 15.5 Å². The lowest BCUT2D eigenvalue weighted by Crippen LogP contribution is -2.45. The molecule has 2 fully saturated rings. The highest BCUT2D eigenvalue weighted by molar-refractivity contribution is 6.34. The van der Waals surface area contributed by atoms with E-state index >= 15 is 0 Å². The Labute approximate surface area is 199 Å². The third-order valence-electron chi connectivity index (χ3n) is 6.61. The van der Waals surface area contributed by atoms with Crippen LogP contribution in [0.25, 0.3) is 0 Å². The van der Waals surface area contributed by atoms with E-state index in [0.717, 1.165) is 12.8 Å². The average molecular weight is 468 g/mol. The van der Waals surface area contributed by atoms with Crippen molar-refractivity contribution in [1.82, 2.24) is 10.2 Å². The largest absolute Gasteiger partial charge is 0.353 e. The topological polar surface area (TPSA) is 78.5 Å². The van der Waals surface area contributed by atoms with Gasteiger partial charge in [0, 0.05) is 36.3 Å². The molecule has 2 aromatic rings. The SMILES string of the molecule is O=C(Nc1ccc(C(=O)N2CCC(C(=O)NC3CCCCC3)CC2)cc1)c1ccccc1Cl. The van der Waals surface area contributed by atoms with Crippen molar-refractivity contribution in [1.29, 1.82) is 0 Å². The normalized spacial score (nSPS) is 17.4. The monoisotopic (exact) mass is 467 g/mol. The molecule has 0 unspecified atom stereocenters. The van der Waals surface area contributed by atoms with Gasteiger partial charge in [-0.2, -0.15) is 0 Å². The van der Waals surface area contributed by atoms with E-state index < -0.39 is 0 Å². The number of hydrogen-bond donors (Lipinski definition) is 2. The van der Waals surface area contributed by atoms with Crippen molar-refractivity contribution in [2.75, 3.05) is 18.4 Å². The molecule has 174 valence electrons. The molecule has 2 N–H and O–H groups in total. The molecule has 6 nitrogen and oxygen atoms in total. The van der Waals surface area contributed by atoms with Gasteiger partial charge in [-0.25, -0.2) is 0 Å². The summed E-state index contributed by atoms with van der Waals surface area (Å²) in [7, 11) is 0. The highest BCUT2D eigenvalue weighted by Crippen LogP contribution is 2.23. The summed E-state index contributed by atoms with van der Waals surface area (Å²) in [6.07, 6.45) is 7.20. The molecule has 0 spiro atoms. The molecular weight excluding hydrogens is 438 g/mol. The van der Waals surface area contributed by atoms with Gasteiger partial charge in [-0.3, -0.25) is 14.4 Å². The Balaban J connectivity index is 1.28. The van der Waals surface area contributed by atoms with Crippen molar-refractivity contribution >= 4 is 35.0 Å². The van der Waals surface area contributed by atoms with Crippen LogP contribution >= 0.6 is 11.6 Å². The number of benzene rings is 2. The molecule has 1 saturated heterocycles. The molecular formula is C26H30ClN3O3. The quantitative estimate of drug-likeness (QED) is 0.656. The number of hydrogen-bond acceptors (Lipinski definition) is 3. The van der Waals surface area contributed by atoms with Crippen molar-refractivity contribution in [3.05, 3.63) is 64.7 Å². The Hall–Kier alpha value is -2.86. The summed E-state index contributed by atoms with van der Waals surface area (Å²) < 4.78 is 0. The molecule has 7 heteroatoms. The minimum absolute atomic E-state index is 0.0154. The first kappa shape index (κ1) is 23.3. The van der Waals surface area contributed by atoms with E-state index in [1.54, 1.807) is 48.5 Å². The second-order valence-corrected chi connectivity index (χ2v) is 9.33. The zero-order chi connectivity index (χ0) is 23.2. The molecule has 4 rings (SSSR count). The van der Waals surface area contributed by atoms with Crippen molar-refractivity contribution in [2.45, 2.75) is 51.0 Å². The van der Waals surface area contributed by atoms with E-state index in [1.807, 2.05) is 4.90 Å². The summed E-state index contributed by atoms with van der Waals surface area (Å²) in [5, 5.41) is 6.41. The van der Waals surface area contributed by atoms with Crippen LogP contribution in [0.4, 0.5) is 5.69 Å². The summed E-state index contributed by atoms with van der Waals surface area (Å²) >= 11 is 6.08. The Bertz CT molecular complexity index is 994. The Kier molecular flexibility index (Phi) is 7.65. The molecule has 1 aliphatic heterocycles. The van der Waals surface area contributed by atoms with Crippen molar-refractivity contribution in [2.24, 2.45) is 5.92 Å². The van der Waals surface area contributed by atoms with E-state index in [4.69, 9.17) is 11.6 Å². The van der Waals surface area contributed by atoms with Gasteiger partial charge in [0.25, 0.3) is 11.8 Å². The number of halogens is 1. The number of nitrogens with zero attached hydrogens (tertiary/aromatic N) is 1. The van der Waals surface area contributed by atoms with Crippen LogP contribution in [-0.2, 0) is 4.79 Å². The molecule has 2 aliphatic rings. The zero-order valence-electron chi connectivity index (χ0n) is 18.7. The third-order valence-corrected chi connectivity index (χ3v) is 6.94. The van der Waals surface area contributed by atoms with Crippen LogP contribution in [0.1, 0.15) is 65.7 Å². The first-order chi connectivity index (χ1) is 16.0. The van der Waals surface area contributed by atoms with Crippen LogP contribution in [0, 0.1) is 5.92 Å². The van der Waals surface area contributed by atoms with E-state index in [0.29, 0.717) is 53.8 Å². The van der Waals surface area contributed by atoms with E-state index in [2.05, 4.69) is 10.6 Å². The average Bonchev–Trinajstić information content (AvgIpc) is 2.85. The van der Waals surface area contributed by atoms with Gasteiger partial charge in [0.05, 0.1) is 10.6 Å². The Morgan fingerprint density at radius 2 is 1.52 bits per heavy atom. The van der Waals surface area contributed by atoms with Gasteiger partial charge in [-0.05, 0) is 62.1 Å². The van der Waals surface area contributed by atoms with E-state index in [1.165, 1.54) is 19.3 Å². The minimum Gasteiger partial charge on any atom is -0.353 e. The molecule has 3 amide bonds. The maximum Gasteiger partial charge on any atom is 0.257 e. The van der Waals surface area contributed by atoms with Crippen LogP contribution < -0.4 is 10.6 Å². The predicted molar refractivity (Wildman–Crippen MR) is 129 cm³/mol. The summed E-state index contributed by atoms with van der Waals surface area (Å²) in [5.41, 5.74) is 1.56. The number of nitrogens with one attached hydrogen (secondary N) is 2. The second kappa shape index (κ2) is 10.8. The predicted octanol–water partition coefficient (Wildman–Crippen LogP) is 4.89. The molecule has 33 heavy (non-hydrogen) atoms. The van der Waals surface area contributed by atoms with Crippen LogP contribution in [0.15, 0.2) is 48.5 Å². The second-order valence-electron chi connectivity index (χ2n) is 8.92. The summed E-state index contributed by atoms with van der Waals surface area (Å²) in [6.45, 7) is 1.15. The number of likely N-dealkylation sites (tertiary alicyclic amines) is 1. The maximum absolute atomic E-state index is 12.9. The fraction of sp³-hybridized carbons (Fsp3) is 0.423. The molecule has 2 aromatic carbocycles. The summed E-state index contributed by atoms with van der Waals surface area (Å²) in [5.74, 6) is -0.218. The lowest BCUT2D eigenvalue weighted by molar-refractivity contribution is -0.127. The lowest BCUT2D eigenvalue weighted by Gasteiger charge is -2.33. The van der Waals surface area contributed by atoms with Gasteiger partial charge in [-0.1, -0.05) is 43.0 Å². The first-order valence-corrected chi connectivity index (χ1v) is 12.1. The number of carbonyl (C=O) groups excluding carboxylic acids is 3. The molecule has 0 atom stereocenters. The fourth-order valence-electron chi connectivity index (χ4n) is 4.63. The van der Waals surface area contributed by atoms with Gasteiger partial charge in [-0.15, -0.1) is 0 Å². The van der Waals surface area contributed by atoms with Crippen LogP contribution in [-0.4, -0.2) is 41.8 Å². The van der Waals surface area contributed by atoms with Gasteiger partial charge in [0.2, 0.25) is 5.91 Å². The molecule has 0 bridgehead atoms. The molecule has 1 saturated carbocycles. The Morgan fingerprint density at radius 1 is 0.848 bits per heavy atom. The maximum atomic E-state index is 12.9. The molecule has 0 aromatic heterocycles. The van der Waals surface area contributed by atoms with E-state index in [-0.39, 0.29) is 23.6 Å². The van der Waals surface area contributed by atoms with Crippen LogP contribution in [0.2, 0.25) is 5.02 Å². The van der Waals surface area contributed by atoms with Crippen molar-refractivity contribution in [3.8, 4) is 0 Å². The number of rotatable bonds is 5. The summed E-state index contributed by atoms with van der Waals surface area (Å²) in [4.78, 5) is 39.7. The highest BCUT2D eigenvalue weighted by atomic mass is 35.5. The standard InChI is InChI=1S/C26H30ClN3O3/c27-23-9-5-4-8-22(23)25(32)29-21-12-10-19(11-13-21)26(33)30-16-14-18(15-17-30)24(31)28-20-6-2-1-3-7-20/h4-5,8-13,18,20H,1-3,6-7,14-17H2,(H,28,31)(H,29,32). The summed E-state index contributed by atoms with van der Waals surface area (Å²) in [6, 6.07) is 14.0. The molecule has 0 radical (unpaired) electrons. The van der Waals surface area contributed by atoms with Gasteiger partial charge >= 0.3 is 0 Å². The van der Waals surface area contributed by atoms with E-state index in [9.17, 15) is 14.4 Å². The number of piperidine rings is 1. The van der Waals surface area contributed by atoms with Gasteiger partial charge in [0.15, 0.2) is 0 Å². The highest BCUT2D eigenvalue weighted by Gasteiger charge is 2.29.